The Morgan fingerprint density at radius 2 is 1.36 bits per heavy atom. The quantitative estimate of drug-likeness (QED) is 0.279. The van der Waals surface area contributed by atoms with E-state index in [2.05, 4.69) is 5.73 Å². The van der Waals surface area contributed by atoms with Gasteiger partial charge in [-0.3, -0.25) is 4.79 Å². The fourth-order valence-electron chi connectivity index (χ4n) is 0. The molecule has 8 heteroatoms. The van der Waals surface area contributed by atoms with Gasteiger partial charge in [-0.25, -0.2) is 0 Å². The van der Waals surface area contributed by atoms with E-state index in [1.165, 1.54) is 0 Å². The number of primary amides is 1. The van der Waals surface area contributed by atoms with E-state index < -0.39 is 6.16 Å². The Hall–Kier alpha value is 3.57. The summed E-state index contributed by atoms with van der Waals surface area (Å²) in [5, 5.41) is 16.7. The van der Waals surface area contributed by atoms with Crippen LogP contribution in [-0.4, -0.2) is 16.5 Å². The molecule has 0 unspecified atom stereocenters. The maximum atomic E-state index is 9.58. The Balaban J connectivity index is -0.0000000383. The van der Waals surface area contributed by atoms with E-state index in [0.29, 0.717) is 4.43 Å². The standard InChI is InChI=1S/C2H4INO.CH2O3.2Cs/c3-1-2(4)5;2-1(3)4;;/h1H2,(H2,4,5);(H2,2,3,4);;/q;;2*+1/p-2. The average Bonchev–Trinajstić information content (AvgIpc) is 1.65. The van der Waals surface area contributed by atoms with Crippen molar-refractivity contribution in [3.8, 4) is 0 Å². The third-order valence-electron chi connectivity index (χ3n) is 0.132. The third kappa shape index (κ3) is 58.5. The van der Waals surface area contributed by atoms with Crippen LogP contribution in [0.3, 0.4) is 0 Å². The zero-order valence-corrected chi connectivity index (χ0v) is 21.0. The van der Waals surface area contributed by atoms with Crippen LogP contribution in [0.2, 0.25) is 0 Å². The molecule has 0 aliphatic rings. The number of amides is 1. The fourth-order valence-corrected chi connectivity index (χ4v) is 0. The maximum absolute atomic E-state index is 9.58. The first-order chi connectivity index (χ1) is 4.00. The fraction of sp³-hybridized carbons (Fsp3) is 0.333. The number of carbonyl (C=O) groups is 2. The summed E-state index contributed by atoms with van der Waals surface area (Å²) in [6, 6.07) is 0. The van der Waals surface area contributed by atoms with Crippen LogP contribution in [-0.2, 0) is 4.79 Å². The minimum absolute atomic E-state index is 0. The van der Waals surface area contributed by atoms with Crippen molar-refractivity contribution in [3.05, 3.63) is 0 Å². The summed E-state index contributed by atoms with van der Waals surface area (Å²) in [4.78, 5) is 17.9. The third-order valence-corrected chi connectivity index (χ3v) is 0.884. The van der Waals surface area contributed by atoms with Crippen molar-refractivity contribution < 1.29 is 158 Å². The number of carboxylic acid groups (broad SMARTS) is 2. The minimum atomic E-state index is -2.33. The van der Waals surface area contributed by atoms with Crippen molar-refractivity contribution in [1.29, 1.82) is 0 Å². The summed E-state index contributed by atoms with van der Waals surface area (Å²) in [7, 11) is 0. The number of hydrogen-bond acceptors (Lipinski definition) is 4. The monoisotopic (exact) mass is 511 g/mol. The molecule has 0 bridgehead atoms. The summed E-state index contributed by atoms with van der Waals surface area (Å²) in [5.41, 5.74) is 4.65. The van der Waals surface area contributed by atoms with Gasteiger partial charge in [0, 0.05) is 0 Å². The number of alkyl halides is 1. The van der Waals surface area contributed by atoms with Crippen molar-refractivity contribution in [2.45, 2.75) is 0 Å². The van der Waals surface area contributed by atoms with Crippen molar-refractivity contribution in [2.24, 2.45) is 5.73 Å². The van der Waals surface area contributed by atoms with Gasteiger partial charge in [0.05, 0.1) is 4.43 Å². The molecule has 0 radical (unpaired) electrons. The summed E-state index contributed by atoms with van der Waals surface area (Å²) in [6.45, 7) is 0. The Labute approximate surface area is 196 Å². The van der Waals surface area contributed by atoms with Gasteiger partial charge in [-0.15, -0.1) is 0 Å². The van der Waals surface area contributed by atoms with Crippen LogP contribution < -0.4 is 154 Å². The zero-order chi connectivity index (χ0) is 7.86. The Bertz CT molecular complexity index is 108. The average molecular weight is 511 g/mol. The molecule has 0 spiro atoms. The second-order valence-corrected chi connectivity index (χ2v) is 1.61. The molecular formula is C3H4Cs2INO4. The molecule has 5 nitrogen and oxygen atoms in total. The van der Waals surface area contributed by atoms with Crippen LogP contribution >= 0.6 is 22.6 Å². The molecule has 2 N–H and O–H groups in total. The molecule has 0 fully saturated rings. The Morgan fingerprint density at radius 3 is 1.36 bits per heavy atom. The second-order valence-electron chi connectivity index (χ2n) is 0.850. The van der Waals surface area contributed by atoms with Gasteiger partial charge in [0.1, 0.15) is 0 Å². The summed E-state index contributed by atoms with van der Waals surface area (Å²) in [5.74, 6) is -0.259. The van der Waals surface area contributed by atoms with Crippen LogP contribution in [0.25, 0.3) is 0 Å². The van der Waals surface area contributed by atoms with E-state index in [1.54, 1.807) is 0 Å². The molecule has 0 saturated carbocycles. The van der Waals surface area contributed by atoms with Gasteiger partial charge >= 0.3 is 138 Å². The van der Waals surface area contributed by atoms with E-state index in [-0.39, 0.29) is 144 Å². The van der Waals surface area contributed by atoms with Crippen LogP contribution in [0.15, 0.2) is 0 Å². The van der Waals surface area contributed by atoms with Crippen molar-refractivity contribution in [1.82, 2.24) is 0 Å². The molecular weight excluding hydrogens is 507 g/mol. The van der Waals surface area contributed by atoms with Gasteiger partial charge in [0.15, 0.2) is 0 Å². The summed E-state index contributed by atoms with van der Waals surface area (Å²) >= 11 is 1.90. The molecule has 0 aliphatic heterocycles. The predicted octanol–water partition coefficient (Wildman–Crippen LogP) is -8.53. The molecule has 11 heavy (non-hydrogen) atoms. The first kappa shape index (κ1) is 24.0. The number of rotatable bonds is 1. The molecule has 0 aliphatic carbocycles. The van der Waals surface area contributed by atoms with Gasteiger partial charge in [0.25, 0.3) is 0 Å². The van der Waals surface area contributed by atoms with Crippen LogP contribution in [0.5, 0.6) is 0 Å². The van der Waals surface area contributed by atoms with E-state index in [1.807, 2.05) is 22.6 Å². The maximum Gasteiger partial charge on any atom is 1.00 e. The van der Waals surface area contributed by atoms with Gasteiger partial charge < -0.3 is 20.7 Å². The van der Waals surface area contributed by atoms with E-state index in [4.69, 9.17) is 15.0 Å². The smallest absolute Gasteiger partial charge is 0.652 e. The number of hydrogen-bond donors (Lipinski definition) is 1. The minimum Gasteiger partial charge on any atom is -0.652 e. The van der Waals surface area contributed by atoms with Crippen LogP contribution in [0, 0.1) is 0 Å². The summed E-state index contributed by atoms with van der Waals surface area (Å²) < 4.78 is 0.414. The van der Waals surface area contributed by atoms with Gasteiger partial charge in [0.2, 0.25) is 5.91 Å². The zero-order valence-electron chi connectivity index (χ0n) is 6.30. The molecule has 54 valence electrons. The molecule has 0 heterocycles. The topological polar surface area (TPSA) is 106 Å². The predicted molar refractivity (Wildman–Crippen MR) is 33.5 cm³/mol. The number of nitrogens with two attached hydrogens (primary N) is 1. The Morgan fingerprint density at radius 1 is 1.27 bits per heavy atom. The molecule has 0 saturated heterocycles. The van der Waals surface area contributed by atoms with Crippen LogP contribution in [0.1, 0.15) is 0 Å². The SMILES string of the molecule is NC(=O)CI.O=C([O-])[O-].[Cs+].[Cs+]. The molecule has 0 aromatic carbocycles. The molecule has 0 aromatic heterocycles. The van der Waals surface area contributed by atoms with Gasteiger partial charge in [-0.1, -0.05) is 22.6 Å². The first-order valence-corrected chi connectivity index (χ1v) is 3.25. The van der Waals surface area contributed by atoms with Crippen molar-refractivity contribution >= 4 is 34.7 Å². The molecule has 0 atom stereocenters. The van der Waals surface area contributed by atoms with Crippen molar-refractivity contribution in [2.75, 3.05) is 4.43 Å². The molecule has 0 aromatic rings. The van der Waals surface area contributed by atoms with Gasteiger partial charge in [-0.2, -0.15) is 0 Å². The van der Waals surface area contributed by atoms with E-state index >= 15 is 0 Å². The second kappa shape index (κ2) is 19.2. The van der Waals surface area contributed by atoms with E-state index in [0.717, 1.165) is 0 Å². The van der Waals surface area contributed by atoms with Crippen LogP contribution in [0.4, 0.5) is 4.79 Å². The Kier molecular flexibility index (Phi) is 41.9. The largest absolute Gasteiger partial charge is 1.00 e. The number of carbonyl (C=O) groups excluding carboxylic acids is 2. The molecule has 1 amide bonds. The van der Waals surface area contributed by atoms with E-state index in [9.17, 15) is 4.79 Å². The first-order valence-electron chi connectivity index (χ1n) is 1.73. The summed E-state index contributed by atoms with van der Waals surface area (Å²) in [6.07, 6.45) is -2.33. The number of halogens is 1. The van der Waals surface area contributed by atoms with Gasteiger partial charge in [-0.05, 0) is 6.16 Å². The normalized spacial score (nSPS) is 5.55. The van der Waals surface area contributed by atoms with Crippen molar-refractivity contribution in [3.63, 3.8) is 0 Å². The molecule has 0 rings (SSSR count).